The van der Waals surface area contributed by atoms with Crippen molar-refractivity contribution in [3.63, 3.8) is 0 Å². The standard InChI is InChI=1S/C21H34N4O/c1-3-22-21(23-12-14-24(15-16-26-2)20-9-10-20)25-13-11-19(17-25)18-7-5-4-6-8-18/h4-8,19-20H,3,9-17H2,1-2H3,(H,22,23). The maximum absolute atomic E-state index is 5.25. The molecule has 1 N–H and O–H groups in total. The zero-order valence-electron chi connectivity index (χ0n) is 16.4. The number of rotatable bonds is 9. The van der Waals surface area contributed by atoms with Crippen molar-refractivity contribution >= 4 is 5.96 Å². The number of methoxy groups -OCH3 is 1. The molecule has 0 spiro atoms. The number of hydrogen-bond donors (Lipinski definition) is 1. The smallest absolute Gasteiger partial charge is 0.193 e. The van der Waals surface area contributed by atoms with Gasteiger partial charge in [-0.1, -0.05) is 30.3 Å². The van der Waals surface area contributed by atoms with E-state index in [1.54, 1.807) is 7.11 Å². The SMILES string of the molecule is CCNC(=NCCN(CCOC)C1CC1)N1CCC(c2ccccc2)C1. The van der Waals surface area contributed by atoms with Crippen LogP contribution in [0.5, 0.6) is 0 Å². The average molecular weight is 359 g/mol. The van der Waals surface area contributed by atoms with E-state index in [2.05, 4.69) is 52.4 Å². The van der Waals surface area contributed by atoms with Gasteiger partial charge in [0.15, 0.2) is 5.96 Å². The lowest BCUT2D eigenvalue weighted by molar-refractivity contribution is 0.145. The van der Waals surface area contributed by atoms with Crippen LogP contribution in [0.15, 0.2) is 35.3 Å². The summed E-state index contributed by atoms with van der Waals surface area (Å²) in [5.41, 5.74) is 1.45. The molecule has 1 aliphatic heterocycles. The number of guanidine groups is 1. The van der Waals surface area contributed by atoms with Gasteiger partial charge in [0.1, 0.15) is 0 Å². The van der Waals surface area contributed by atoms with E-state index in [9.17, 15) is 0 Å². The third-order valence-corrected chi connectivity index (χ3v) is 5.39. The van der Waals surface area contributed by atoms with E-state index < -0.39 is 0 Å². The van der Waals surface area contributed by atoms with Crippen LogP contribution in [0, 0.1) is 0 Å². The largest absolute Gasteiger partial charge is 0.383 e. The normalized spacial score (nSPS) is 20.8. The Bertz CT molecular complexity index is 558. The Morgan fingerprint density at radius 2 is 2.04 bits per heavy atom. The van der Waals surface area contributed by atoms with Gasteiger partial charge in [0.25, 0.3) is 0 Å². The van der Waals surface area contributed by atoms with E-state index in [1.807, 2.05) is 0 Å². The summed E-state index contributed by atoms with van der Waals surface area (Å²) in [6.45, 7) is 8.93. The second-order valence-electron chi connectivity index (χ2n) is 7.34. The number of hydrogen-bond acceptors (Lipinski definition) is 3. The summed E-state index contributed by atoms with van der Waals surface area (Å²) in [4.78, 5) is 9.89. The van der Waals surface area contributed by atoms with Gasteiger partial charge in [0, 0.05) is 51.8 Å². The lowest BCUT2D eigenvalue weighted by Gasteiger charge is -2.23. The third-order valence-electron chi connectivity index (χ3n) is 5.39. The molecule has 1 aliphatic carbocycles. The number of benzene rings is 1. The predicted octanol–water partition coefficient (Wildman–Crippen LogP) is 2.55. The number of ether oxygens (including phenoxy) is 1. The molecule has 1 heterocycles. The van der Waals surface area contributed by atoms with Gasteiger partial charge < -0.3 is 15.0 Å². The van der Waals surface area contributed by atoms with E-state index in [-0.39, 0.29) is 0 Å². The summed E-state index contributed by atoms with van der Waals surface area (Å²) in [5.74, 6) is 1.69. The van der Waals surface area contributed by atoms with Crippen LogP contribution in [0.1, 0.15) is 37.7 Å². The number of nitrogens with zero attached hydrogens (tertiary/aromatic N) is 3. The van der Waals surface area contributed by atoms with Crippen molar-refractivity contribution in [3.05, 3.63) is 35.9 Å². The topological polar surface area (TPSA) is 40.1 Å². The summed E-state index contributed by atoms with van der Waals surface area (Å²) in [6, 6.07) is 11.6. The highest BCUT2D eigenvalue weighted by atomic mass is 16.5. The van der Waals surface area contributed by atoms with Crippen LogP contribution >= 0.6 is 0 Å². The molecule has 1 saturated heterocycles. The van der Waals surface area contributed by atoms with Gasteiger partial charge in [-0.25, -0.2) is 0 Å². The first-order chi connectivity index (χ1) is 12.8. The number of likely N-dealkylation sites (tertiary alicyclic amines) is 1. The van der Waals surface area contributed by atoms with Crippen molar-refractivity contribution in [2.75, 3.05) is 53.0 Å². The van der Waals surface area contributed by atoms with Crippen LogP contribution in [-0.2, 0) is 4.74 Å². The first-order valence-electron chi connectivity index (χ1n) is 10.1. The van der Waals surface area contributed by atoms with Gasteiger partial charge in [-0.05, 0) is 31.7 Å². The van der Waals surface area contributed by atoms with E-state index in [0.717, 1.165) is 57.9 Å². The molecule has 0 bridgehead atoms. The summed E-state index contributed by atoms with van der Waals surface area (Å²) < 4.78 is 5.25. The summed E-state index contributed by atoms with van der Waals surface area (Å²) in [7, 11) is 1.78. The lowest BCUT2D eigenvalue weighted by Crippen LogP contribution is -2.40. The van der Waals surface area contributed by atoms with Crippen LogP contribution in [0.4, 0.5) is 0 Å². The van der Waals surface area contributed by atoms with Crippen molar-refractivity contribution < 1.29 is 4.74 Å². The highest BCUT2D eigenvalue weighted by Crippen LogP contribution is 2.27. The summed E-state index contributed by atoms with van der Waals surface area (Å²) >= 11 is 0. The molecule has 0 radical (unpaired) electrons. The molecule has 2 aliphatic rings. The number of aliphatic imine (C=N–C) groups is 1. The highest BCUT2D eigenvalue weighted by Gasteiger charge is 2.29. The van der Waals surface area contributed by atoms with Gasteiger partial charge in [-0.2, -0.15) is 0 Å². The molecule has 3 rings (SSSR count). The minimum atomic E-state index is 0.615. The first-order valence-corrected chi connectivity index (χ1v) is 10.1. The van der Waals surface area contributed by atoms with Gasteiger partial charge in [0.05, 0.1) is 13.2 Å². The van der Waals surface area contributed by atoms with E-state index in [1.165, 1.54) is 24.8 Å². The van der Waals surface area contributed by atoms with Crippen molar-refractivity contribution in [2.24, 2.45) is 4.99 Å². The Hall–Kier alpha value is -1.59. The Labute approximate surface area is 158 Å². The molecule has 1 unspecified atom stereocenters. The van der Waals surface area contributed by atoms with E-state index in [0.29, 0.717) is 5.92 Å². The molecule has 1 aromatic carbocycles. The minimum absolute atomic E-state index is 0.615. The van der Waals surface area contributed by atoms with Gasteiger partial charge in [-0.15, -0.1) is 0 Å². The zero-order valence-corrected chi connectivity index (χ0v) is 16.4. The molecule has 2 fully saturated rings. The van der Waals surface area contributed by atoms with Crippen LogP contribution in [0.3, 0.4) is 0 Å². The molecule has 144 valence electrons. The average Bonchev–Trinajstić information content (AvgIpc) is 3.40. The summed E-state index contributed by atoms with van der Waals surface area (Å²) in [6.07, 6.45) is 3.87. The maximum atomic E-state index is 5.25. The molecule has 0 amide bonds. The quantitative estimate of drug-likeness (QED) is 0.544. The second kappa shape index (κ2) is 9.93. The van der Waals surface area contributed by atoms with Crippen molar-refractivity contribution in [1.29, 1.82) is 0 Å². The highest BCUT2D eigenvalue weighted by molar-refractivity contribution is 5.80. The fourth-order valence-corrected chi connectivity index (χ4v) is 3.79. The molecular formula is C21H34N4O. The molecule has 26 heavy (non-hydrogen) atoms. The Morgan fingerprint density at radius 3 is 2.73 bits per heavy atom. The molecule has 1 atom stereocenters. The third kappa shape index (κ3) is 5.45. The van der Waals surface area contributed by atoms with Gasteiger partial charge in [0.2, 0.25) is 0 Å². The lowest BCUT2D eigenvalue weighted by atomic mass is 9.99. The molecule has 0 aromatic heterocycles. The van der Waals surface area contributed by atoms with Crippen LogP contribution in [-0.4, -0.2) is 74.8 Å². The second-order valence-corrected chi connectivity index (χ2v) is 7.34. The fraction of sp³-hybridized carbons (Fsp3) is 0.667. The maximum Gasteiger partial charge on any atom is 0.193 e. The monoisotopic (exact) mass is 358 g/mol. The van der Waals surface area contributed by atoms with Crippen molar-refractivity contribution in [2.45, 2.75) is 38.1 Å². The Kier molecular flexibility index (Phi) is 7.32. The van der Waals surface area contributed by atoms with Crippen molar-refractivity contribution in [3.8, 4) is 0 Å². The molecular weight excluding hydrogens is 324 g/mol. The molecule has 5 heteroatoms. The molecule has 1 saturated carbocycles. The van der Waals surface area contributed by atoms with Crippen LogP contribution < -0.4 is 5.32 Å². The van der Waals surface area contributed by atoms with E-state index >= 15 is 0 Å². The van der Waals surface area contributed by atoms with Crippen LogP contribution in [0.25, 0.3) is 0 Å². The van der Waals surface area contributed by atoms with Gasteiger partial charge >= 0.3 is 0 Å². The number of nitrogens with one attached hydrogen (secondary N) is 1. The Morgan fingerprint density at radius 1 is 1.23 bits per heavy atom. The van der Waals surface area contributed by atoms with Crippen molar-refractivity contribution in [1.82, 2.24) is 15.1 Å². The minimum Gasteiger partial charge on any atom is -0.383 e. The molecule has 5 nitrogen and oxygen atoms in total. The fourth-order valence-electron chi connectivity index (χ4n) is 3.79. The van der Waals surface area contributed by atoms with Gasteiger partial charge in [-0.3, -0.25) is 9.89 Å². The predicted molar refractivity (Wildman–Crippen MR) is 108 cm³/mol. The Balaban J connectivity index is 1.53. The van der Waals surface area contributed by atoms with E-state index in [4.69, 9.17) is 9.73 Å². The van der Waals surface area contributed by atoms with Crippen LogP contribution in [0.2, 0.25) is 0 Å². The summed E-state index contributed by atoms with van der Waals surface area (Å²) in [5, 5.41) is 3.49. The molecule has 1 aromatic rings. The first kappa shape index (κ1) is 19.2. The zero-order chi connectivity index (χ0) is 18.2.